The molecule has 2 aromatic carbocycles. The molecule has 1 aromatic heterocycles. The Hall–Kier alpha value is -4.14. The summed E-state index contributed by atoms with van der Waals surface area (Å²) in [7, 11) is 2.44. The van der Waals surface area contributed by atoms with Gasteiger partial charge < -0.3 is 19.3 Å². The van der Waals surface area contributed by atoms with Gasteiger partial charge in [-0.1, -0.05) is 35.5 Å². The van der Waals surface area contributed by atoms with Gasteiger partial charge in [0.1, 0.15) is 0 Å². The SMILES string of the molecule is COC(=O)c1ccc(C(=O)OC)c(NC(=O)Nc2cc(-c3ccccc3)on2)c1. The first-order valence-electron chi connectivity index (χ1n) is 8.42. The first-order valence-corrected chi connectivity index (χ1v) is 8.42. The zero-order valence-corrected chi connectivity index (χ0v) is 15.6. The molecule has 148 valence electrons. The summed E-state index contributed by atoms with van der Waals surface area (Å²) in [5, 5.41) is 8.80. The van der Waals surface area contributed by atoms with Crippen LogP contribution in [0.15, 0.2) is 59.1 Å². The van der Waals surface area contributed by atoms with Crippen molar-refractivity contribution in [2.45, 2.75) is 0 Å². The number of carbonyl (C=O) groups is 3. The molecule has 9 nitrogen and oxygen atoms in total. The summed E-state index contributed by atoms with van der Waals surface area (Å²) >= 11 is 0. The molecule has 0 saturated heterocycles. The van der Waals surface area contributed by atoms with Crippen molar-refractivity contribution in [3.8, 4) is 11.3 Å². The lowest BCUT2D eigenvalue weighted by Gasteiger charge is -2.11. The Labute approximate surface area is 165 Å². The van der Waals surface area contributed by atoms with Crippen LogP contribution in [0.4, 0.5) is 16.3 Å². The molecule has 3 rings (SSSR count). The highest BCUT2D eigenvalue weighted by Gasteiger charge is 2.18. The van der Waals surface area contributed by atoms with E-state index in [2.05, 4.69) is 20.5 Å². The molecule has 1 heterocycles. The zero-order chi connectivity index (χ0) is 20.8. The maximum Gasteiger partial charge on any atom is 0.339 e. The molecule has 0 radical (unpaired) electrons. The van der Waals surface area contributed by atoms with Crippen LogP contribution in [0.5, 0.6) is 0 Å². The van der Waals surface area contributed by atoms with Gasteiger partial charge in [0.15, 0.2) is 11.6 Å². The molecular formula is C20H17N3O6. The number of methoxy groups -OCH3 is 2. The Kier molecular flexibility index (Phi) is 5.88. The quantitative estimate of drug-likeness (QED) is 0.634. The van der Waals surface area contributed by atoms with E-state index < -0.39 is 18.0 Å². The Morgan fingerprint density at radius 3 is 2.31 bits per heavy atom. The van der Waals surface area contributed by atoms with Crippen LogP contribution in [-0.4, -0.2) is 37.3 Å². The van der Waals surface area contributed by atoms with E-state index in [1.54, 1.807) is 6.07 Å². The van der Waals surface area contributed by atoms with Crippen molar-refractivity contribution in [3.63, 3.8) is 0 Å². The van der Waals surface area contributed by atoms with E-state index in [0.29, 0.717) is 5.76 Å². The number of nitrogens with one attached hydrogen (secondary N) is 2. The van der Waals surface area contributed by atoms with Crippen molar-refractivity contribution >= 4 is 29.5 Å². The second-order valence-corrected chi connectivity index (χ2v) is 5.77. The highest BCUT2D eigenvalue weighted by Crippen LogP contribution is 2.23. The van der Waals surface area contributed by atoms with E-state index in [4.69, 9.17) is 9.26 Å². The highest BCUT2D eigenvalue weighted by atomic mass is 16.5. The van der Waals surface area contributed by atoms with Crippen molar-refractivity contribution in [1.82, 2.24) is 5.16 Å². The van der Waals surface area contributed by atoms with E-state index >= 15 is 0 Å². The third kappa shape index (κ3) is 4.59. The summed E-state index contributed by atoms with van der Waals surface area (Å²) in [6.07, 6.45) is 0. The van der Waals surface area contributed by atoms with Crippen LogP contribution >= 0.6 is 0 Å². The van der Waals surface area contributed by atoms with Gasteiger partial charge in [0.05, 0.1) is 31.0 Å². The molecule has 0 bridgehead atoms. The number of hydrogen-bond acceptors (Lipinski definition) is 7. The summed E-state index contributed by atoms with van der Waals surface area (Å²) in [5.74, 6) is -0.646. The molecule has 2 amide bonds. The predicted molar refractivity (Wildman–Crippen MR) is 104 cm³/mol. The van der Waals surface area contributed by atoms with Crippen LogP contribution < -0.4 is 10.6 Å². The molecule has 0 atom stereocenters. The van der Waals surface area contributed by atoms with Crippen LogP contribution in [-0.2, 0) is 9.47 Å². The van der Waals surface area contributed by atoms with Crippen molar-refractivity contribution in [3.05, 3.63) is 65.7 Å². The number of aromatic nitrogens is 1. The van der Waals surface area contributed by atoms with E-state index in [1.807, 2.05) is 30.3 Å². The van der Waals surface area contributed by atoms with Gasteiger partial charge in [0.2, 0.25) is 0 Å². The highest BCUT2D eigenvalue weighted by molar-refractivity contribution is 6.06. The van der Waals surface area contributed by atoms with Gasteiger partial charge in [-0.3, -0.25) is 5.32 Å². The molecule has 0 fully saturated rings. The molecule has 0 spiro atoms. The Morgan fingerprint density at radius 1 is 0.897 bits per heavy atom. The topological polar surface area (TPSA) is 120 Å². The number of benzene rings is 2. The third-order valence-electron chi connectivity index (χ3n) is 3.90. The Bertz CT molecular complexity index is 1050. The van der Waals surface area contributed by atoms with Gasteiger partial charge in [-0.2, -0.15) is 0 Å². The molecule has 0 aliphatic heterocycles. The maximum atomic E-state index is 12.4. The smallest absolute Gasteiger partial charge is 0.339 e. The number of nitrogens with zero attached hydrogens (tertiary/aromatic N) is 1. The summed E-state index contributed by atoms with van der Waals surface area (Å²) in [6, 6.07) is 14.2. The molecule has 2 N–H and O–H groups in total. The number of amides is 2. The molecule has 0 saturated carbocycles. The average Bonchev–Trinajstić information content (AvgIpc) is 3.21. The standard InChI is InChI=1S/C20H17N3O6/c1-27-18(24)13-8-9-14(19(25)28-2)15(10-13)21-20(26)22-17-11-16(29-23-17)12-6-4-3-5-7-12/h3-11H,1-2H3,(H2,21,22,23,26). The number of ether oxygens (including phenoxy) is 2. The van der Waals surface area contributed by atoms with Crippen LogP contribution in [0.1, 0.15) is 20.7 Å². The number of hydrogen-bond donors (Lipinski definition) is 2. The third-order valence-corrected chi connectivity index (χ3v) is 3.90. The first kappa shape index (κ1) is 19.6. The minimum atomic E-state index is -0.690. The van der Waals surface area contributed by atoms with Gasteiger partial charge >= 0.3 is 18.0 Å². The van der Waals surface area contributed by atoms with Gasteiger partial charge in [0.25, 0.3) is 0 Å². The number of esters is 2. The fourth-order valence-electron chi connectivity index (χ4n) is 2.52. The minimum Gasteiger partial charge on any atom is -0.465 e. The van der Waals surface area contributed by atoms with Crippen LogP contribution in [0.25, 0.3) is 11.3 Å². The molecule has 0 unspecified atom stereocenters. The van der Waals surface area contributed by atoms with Gasteiger partial charge in [-0.05, 0) is 18.2 Å². The Balaban J connectivity index is 1.78. The summed E-state index contributed by atoms with van der Waals surface area (Å²) in [6.45, 7) is 0. The van der Waals surface area contributed by atoms with Crippen LogP contribution in [0, 0.1) is 0 Å². The number of rotatable bonds is 5. The van der Waals surface area contributed by atoms with Gasteiger partial charge in [-0.25, -0.2) is 14.4 Å². The van der Waals surface area contributed by atoms with Gasteiger partial charge in [-0.15, -0.1) is 0 Å². The van der Waals surface area contributed by atoms with E-state index in [1.165, 1.54) is 32.4 Å². The maximum absolute atomic E-state index is 12.4. The molecule has 29 heavy (non-hydrogen) atoms. The summed E-state index contributed by atoms with van der Waals surface area (Å²) < 4.78 is 14.6. The van der Waals surface area contributed by atoms with Crippen LogP contribution in [0.2, 0.25) is 0 Å². The lowest BCUT2D eigenvalue weighted by Crippen LogP contribution is -2.22. The molecule has 3 aromatic rings. The number of urea groups is 1. The summed E-state index contributed by atoms with van der Waals surface area (Å²) in [4.78, 5) is 36.1. The van der Waals surface area contributed by atoms with Crippen molar-refractivity contribution in [1.29, 1.82) is 0 Å². The lowest BCUT2D eigenvalue weighted by molar-refractivity contribution is 0.0587. The average molecular weight is 395 g/mol. The first-order chi connectivity index (χ1) is 14.0. The van der Waals surface area contributed by atoms with Crippen molar-refractivity contribution < 1.29 is 28.4 Å². The normalized spacial score (nSPS) is 10.1. The molecule has 0 aliphatic carbocycles. The number of anilines is 2. The van der Waals surface area contributed by atoms with Crippen LogP contribution in [0.3, 0.4) is 0 Å². The molecular weight excluding hydrogens is 378 g/mol. The zero-order valence-electron chi connectivity index (χ0n) is 15.6. The van der Waals surface area contributed by atoms with E-state index in [9.17, 15) is 14.4 Å². The largest absolute Gasteiger partial charge is 0.465 e. The fraction of sp³-hybridized carbons (Fsp3) is 0.100. The minimum absolute atomic E-state index is 0.0698. The van der Waals surface area contributed by atoms with E-state index in [0.717, 1.165) is 5.56 Å². The number of carbonyl (C=O) groups excluding carboxylic acids is 3. The van der Waals surface area contributed by atoms with Crippen molar-refractivity contribution in [2.24, 2.45) is 0 Å². The fourth-order valence-corrected chi connectivity index (χ4v) is 2.52. The lowest BCUT2D eigenvalue weighted by atomic mass is 10.1. The summed E-state index contributed by atoms with van der Waals surface area (Å²) in [5.41, 5.74) is 1.10. The molecule has 9 heteroatoms. The van der Waals surface area contributed by atoms with Crippen molar-refractivity contribution in [2.75, 3.05) is 24.9 Å². The monoisotopic (exact) mass is 395 g/mol. The molecule has 0 aliphatic rings. The van der Waals surface area contributed by atoms with E-state index in [-0.39, 0.29) is 22.6 Å². The van der Waals surface area contributed by atoms with Gasteiger partial charge in [0, 0.05) is 11.6 Å². The Morgan fingerprint density at radius 2 is 1.62 bits per heavy atom. The predicted octanol–water partition coefficient (Wildman–Crippen LogP) is 3.56. The second kappa shape index (κ2) is 8.70. The second-order valence-electron chi connectivity index (χ2n) is 5.77.